The van der Waals surface area contributed by atoms with Crippen LogP contribution in [0.15, 0.2) is 41.0 Å². The van der Waals surface area contributed by atoms with Crippen molar-refractivity contribution in [2.24, 2.45) is 0 Å². The Morgan fingerprint density at radius 1 is 1.29 bits per heavy atom. The minimum absolute atomic E-state index is 0.0772. The van der Waals surface area contributed by atoms with Crippen LogP contribution in [0.25, 0.3) is 0 Å². The van der Waals surface area contributed by atoms with E-state index in [4.69, 9.17) is 4.42 Å². The molecule has 1 atom stereocenters. The summed E-state index contributed by atoms with van der Waals surface area (Å²) >= 11 is 0. The normalized spacial score (nSPS) is 11.8. The number of carbonyl (C=O) groups excluding carboxylic acids is 2. The van der Waals surface area contributed by atoms with E-state index in [-0.39, 0.29) is 18.7 Å². The zero-order chi connectivity index (χ0) is 17.5. The summed E-state index contributed by atoms with van der Waals surface area (Å²) in [7, 11) is 0. The Hall–Kier alpha value is -2.74. The first-order valence-electron chi connectivity index (χ1n) is 7.34. The molecule has 0 aliphatic carbocycles. The molecule has 0 unspecified atom stereocenters. The van der Waals surface area contributed by atoms with Crippen molar-refractivity contribution in [2.45, 2.75) is 19.5 Å². The summed E-state index contributed by atoms with van der Waals surface area (Å²) in [5.41, 5.74) is 0.284. The van der Waals surface area contributed by atoms with Crippen LogP contribution in [0.3, 0.4) is 0 Å². The van der Waals surface area contributed by atoms with Crippen molar-refractivity contribution in [1.29, 1.82) is 0 Å². The first-order chi connectivity index (χ1) is 11.5. The predicted molar refractivity (Wildman–Crippen MR) is 80.7 cm³/mol. The molecule has 1 aromatic carbocycles. The third kappa shape index (κ3) is 5.17. The van der Waals surface area contributed by atoms with Gasteiger partial charge in [0.2, 0.25) is 0 Å². The Labute approximate surface area is 137 Å². The molecule has 0 saturated carbocycles. The summed E-state index contributed by atoms with van der Waals surface area (Å²) in [6.45, 7) is 1.76. The summed E-state index contributed by atoms with van der Waals surface area (Å²) in [4.78, 5) is 23.3. The fraction of sp³-hybridized carbons (Fsp3) is 0.250. The number of nitrogens with one attached hydrogen (secondary N) is 2. The standard InChI is InChI=1S/C16H17F2N3O3/c1-10(13-5-4-11(17)7-14(13)18)19-9-15(22)21-16(23)20-8-12-3-2-6-24-12/h2-7,10,19H,8-9H2,1H3,(H2,20,21,22,23)/p+1/t10-/m0/s1. The number of rotatable bonds is 6. The largest absolute Gasteiger partial charge is 0.467 e. The summed E-state index contributed by atoms with van der Waals surface area (Å²) < 4.78 is 31.6. The topological polar surface area (TPSA) is 88.0 Å². The van der Waals surface area contributed by atoms with Crippen LogP contribution in [0.4, 0.5) is 13.6 Å². The van der Waals surface area contributed by atoms with Crippen molar-refractivity contribution >= 4 is 11.9 Å². The number of carbonyl (C=O) groups is 2. The third-order valence-electron chi connectivity index (χ3n) is 3.37. The van der Waals surface area contributed by atoms with E-state index in [0.29, 0.717) is 5.76 Å². The molecule has 128 valence electrons. The molecule has 6 nitrogen and oxygen atoms in total. The van der Waals surface area contributed by atoms with E-state index in [2.05, 4.69) is 10.6 Å². The number of imide groups is 1. The van der Waals surface area contributed by atoms with Crippen molar-refractivity contribution in [3.05, 3.63) is 59.6 Å². The Balaban J connectivity index is 1.74. The minimum Gasteiger partial charge on any atom is -0.467 e. The van der Waals surface area contributed by atoms with Gasteiger partial charge in [0.25, 0.3) is 5.91 Å². The molecule has 1 heterocycles. The number of hydrogen-bond donors (Lipinski definition) is 3. The maximum atomic E-state index is 13.6. The second kappa shape index (κ2) is 8.21. The van der Waals surface area contributed by atoms with Gasteiger partial charge >= 0.3 is 6.03 Å². The number of urea groups is 1. The van der Waals surface area contributed by atoms with Crippen LogP contribution in [0.5, 0.6) is 0 Å². The summed E-state index contributed by atoms with van der Waals surface area (Å²) in [5, 5.41) is 6.17. The Kier molecular flexibility index (Phi) is 6.02. The molecule has 0 radical (unpaired) electrons. The molecule has 4 N–H and O–H groups in total. The van der Waals surface area contributed by atoms with Gasteiger partial charge in [0, 0.05) is 11.6 Å². The van der Waals surface area contributed by atoms with Crippen LogP contribution in [0, 0.1) is 11.6 Å². The van der Waals surface area contributed by atoms with E-state index >= 15 is 0 Å². The highest BCUT2D eigenvalue weighted by Crippen LogP contribution is 2.14. The van der Waals surface area contributed by atoms with Crippen molar-refractivity contribution < 1.29 is 28.1 Å². The van der Waals surface area contributed by atoms with Gasteiger partial charge in [-0.2, -0.15) is 0 Å². The fourth-order valence-electron chi connectivity index (χ4n) is 2.08. The minimum atomic E-state index is -0.671. The van der Waals surface area contributed by atoms with E-state index in [1.807, 2.05) is 0 Å². The maximum Gasteiger partial charge on any atom is 0.321 e. The van der Waals surface area contributed by atoms with Gasteiger partial charge in [-0.3, -0.25) is 10.1 Å². The number of quaternary nitrogens is 1. The predicted octanol–water partition coefficient (Wildman–Crippen LogP) is 1.21. The lowest BCUT2D eigenvalue weighted by Gasteiger charge is -2.12. The quantitative estimate of drug-likeness (QED) is 0.740. The van der Waals surface area contributed by atoms with E-state index in [1.54, 1.807) is 24.4 Å². The molecule has 1 aromatic heterocycles. The molecule has 0 fully saturated rings. The molecule has 0 bridgehead atoms. The van der Waals surface area contributed by atoms with Crippen molar-refractivity contribution in [3.8, 4) is 0 Å². The van der Waals surface area contributed by atoms with Gasteiger partial charge in [-0.1, -0.05) is 0 Å². The number of benzene rings is 1. The third-order valence-corrected chi connectivity index (χ3v) is 3.37. The highest BCUT2D eigenvalue weighted by Gasteiger charge is 2.17. The Bertz CT molecular complexity index is 705. The first-order valence-corrected chi connectivity index (χ1v) is 7.34. The summed E-state index contributed by atoms with van der Waals surface area (Å²) in [5.74, 6) is -1.30. The van der Waals surface area contributed by atoms with E-state index in [1.165, 1.54) is 12.3 Å². The number of halogens is 2. The summed E-state index contributed by atoms with van der Waals surface area (Å²) in [6.07, 6.45) is 1.48. The molecular formula is C16H18F2N3O3+. The van der Waals surface area contributed by atoms with Crippen LogP contribution in [-0.4, -0.2) is 18.5 Å². The van der Waals surface area contributed by atoms with Gasteiger partial charge < -0.3 is 15.1 Å². The SMILES string of the molecule is C[C@H]([NH2+]CC(=O)NC(=O)NCc1ccco1)c1ccc(F)cc1F. The average molecular weight is 338 g/mol. The zero-order valence-corrected chi connectivity index (χ0v) is 13.0. The molecule has 0 aliphatic heterocycles. The first kappa shape index (κ1) is 17.6. The van der Waals surface area contributed by atoms with Crippen molar-refractivity contribution in [1.82, 2.24) is 10.6 Å². The van der Waals surface area contributed by atoms with E-state index in [9.17, 15) is 18.4 Å². The van der Waals surface area contributed by atoms with Gasteiger partial charge in [0.05, 0.1) is 12.8 Å². The lowest BCUT2D eigenvalue weighted by Crippen LogP contribution is -2.87. The zero-order valence-electron chi connectivity index (χ0n) is 13.0. The van der Waals surface area contributed by atoms with Crippen molar-refractivity contribution in [2.75, 3.05) is 6.54 Å². The van der Waals surface area contributed by atoms with Crippen molar-refractivity contribution in [3.63, 3.8) is 0 Å². The van der Waals surface area contributed by atoms with Gasteiger partial charge in [0.1, 0.15) is 23.4 Å². The fourth-order valence-corrected chi connectivity index (χ4v) is 2.08. The maximum absolute atomic E-state index is 13.6. The number of furan rings is 1. The van der Waals surface area contributed by atoms with Gasteiger partial charge in [-0.05, 0) is 31.2 Å². The molecule has 8 heteroatoms. The van der Waals surface area contributed by atoms with Gasteiger partial charge in [-0.15, -0.1) is 0 Å². The second-order valence-corrected chi connectivity index (χ2v) is 5.20. The van der Waals surface area contributed by atoms with E-state index in [0.717, 1.165) is 12.1 Å². The highest BCUT2D eigenvalue weighted by atomic mass is 19.1. The van der Waals surface area contributed by atoms with Gasteiger partial charge in [-0.25, -0.2) is 13.6 Å². The van der Waals surface area contributed by atoms with Crippen LogP contribution < -0.4 is 16.0 Å². The smallest absolute Gasteiger partial charge is 0.321 e. The lowest BCUT2D eigenvalue weighted by molar-refractivity contribution is -0.682. The Morgan fingerprint density at radius 3 is 2.75 bits per heavy atom. The monoisotopic (exact) mass is 338 g/mol. The van der Waals surface area contributed by atoms with Crippen LogP contribution in [-0.2, 0) is 11.3 Å². The second-order valence-electron chi connectivity index (χ2n) is 5.20. The summed E-state index contributed by atoms with van der Waals surface area (Å²) in [6, 6.07) is 5.61. The highest BCUT2D eigenvalue weighted by molar-refractivity contribution is 5.94. The number of hydrogen-bond acceptors (Lipinski definition) is 3. The molecule has 2 rings (SSSR count). The molecule has 24 heavy (non-hydrogen) atoms. The number of amides is 3. The van der Waals surface area contributed by atoms with E-state index < -0.39 is 29.6 Å². The molecule has 0 saturated heterocycles. The molecule has 0 aliphatic rings. The molecule has 0 spiro atoms. The Morgan fingerprint density at radius 2 is 2.08 bits per heavy atom. The molecular weight excluding hydrogens is 320 g/mol. The van der Waals surface area contributed by atoms with Crippen LogP contribution in [0.1, 0.15) is 24.3 Å². The average Bonchev–Trinajstić information content (AvgIpc) is 3.04. The van der Waals surface area contributed by atoms with Gasteiger partial charge in [0.15, 0.2) is 6.54 Å². The lowest BCUT2D eigenvalue weighted by atomic mass is 10.1. The molecule has 3 amide bonds. The van der Waals surface area contributed by atoms with Crippen LogP contribution in [0.2, 0.25) is 0 Å². The van der Waals surface area contributed by atoms with Crippen LogP contribution >= 0.6 is 0 Å². The number of nitrogens with two attached hydrogens (primary N) is 1. The molecule has 2 aromatic rings.